The van der Waals surface area contributed by atoms with E-state index in [9.17, 15) is 0 Å². The molecule has 2 rings (SSSR count). The van der Waals surface area contributed by atoms with Gasteiger partial charge in [0.25, 0.3) is 0 Å². The molecule has 0 bridgehead atoms. The maximum atomic E-state index is 6.02. The van der Waals surface area contributed by atoms with Crippen LogP contribution < -0.4 is 5.73 Å². The molecule has 94 valence electrons. The van der Waals surface area contributed by atoms with Crippen molar-refractivity contribution in [1.29, 1.82) is 0 Å². The van der Waals surface area contributed by atoms with Gasteiger partial charge >= 0.3 is 0 Å². The van der Waals surface area contributed by atoms with Crippen molar-refractivity contribution in [3.05, 3.63) is 48.2 Å². The van der Waals surface area contributed by atoms with Gasteiger partial charge in [0.1, 0.15) is 0 Å². The monoisotopic (exact) mass is 240 g/mol. The number of benzene rings is 1. The first-order valence-electron chi connectivity index (χ1n) is 6.45. The van der Waals surface area contributed by atoms with E-state index < -0.39 is 0 Å². The van der Waals surface area contributed by atoms with E-state index >= 15 is 0 Å². The van der Waals surface area contributed by atoms with E-state index in [1.54, 1.807) is 0 Å². The van der Waals surface area contributed by atoms with Gasteiger partial charge in [-0.25, -0.2) is 4.98 Å². The van der Waals surface area contributed by atoms with Crippen LogP contribution in [0, 0.1) is 5.92 Å². The molecule has 0 saturated carbocycles. The van der Waals surface area contributed by atoms with Gasteiger partial charge in [-0.2, -0.15) is 0 Å². The molecule has 2 N–H and O–H groups in total. The molecule has 0 amide bonds. The Labute approximate surface area is 109 Å². The number of nitrogens with two attached hydrogens (primary N) is 1. The zero-order valence-corrected chi connectivity index (χ0v) is 11.0. The second-order valence-corrected chi connectivity index (χ2v) is 5.08. The Kier molecular flexibility index (Phi) is 4.11. The minimum atomic E-state index is 0.110. The second kappa shape index (κ2) is 5.78. The first kappa shape index (κ1) is 12.8. The van der Waals surface area contributed by atoms with Crippen molar-refractivity contribution in [2.45, 2.75) is 26.3 Å². The largest absolute Gasteiger partial charge is 0.324 e. The highest BCUT2D eigenvalue weighted by molar-refractivity contribution is 5.79. The van der Waals surface area contributed by atoms with Crippen molar-refractivity contribution in [3.63, 3.8) is 0 Å². The van der Waals surface area contributed by atoms with Crippen LogP contribution in [0.1, 0.15) is 26.0 Å². The number of aromatic nitrogens is 1. The quantitative estimate of drug-likeness (QED) is 0.886. The summed E-state index contributed by atoms with van der Waals surface area (Å²) < 4.78 is 0. The molecule has 1 aromatic carbocycles. The molecule has 0 aliphatic rings. The fourth-order valence-corrected chi connectivity index (χ4v) is 2.02. The van der Waals surface area contributed by atoms with Crippen LogP contribution in [-0.2, 0) is 0 Å². The Balaban J connectivity index is 2.14. The van der Waals surface area contributed by atoms with Crippen molar-refractivity contribution in [3.8, 4) is 0 Å². The van der Waals surface area contributed by atoms with Gasteiger partial charge in [0.15, 0.2) is 0 Å². The molecule has 0 saturated heterocycles. The number of nitrogens with zero attached hydrogens (tertiary/aromatic N) is 1. The van der Waals surface area contributed by atoms with Crippen LogP contribution in [0.5, 0.6) is 0 Å². The molecule has 2 heteroatoms. The molecule has 1 unspecified atom stereocenters. The molecule has 1 aromatic heterocycles. The van der Waals surface area contributed by atoms with E-state index in [-0.39, 0.29) is 6.04 Å². The lowest BCUT2D eigenvalue weighted by molar-refractivity contribution is 0.547. The van der Waals surface area contributed by atoms with Crippen LogP contribution in [0.2, 0.25) is 0 Å². The van der Waals surface area contributed by atoms with Gasteiger partial charge in [-0.15, -0.1) is 0 Å². The molecular weight excluding hydrogens is 220 g/mol. The van der Waals surface area contributed by atoms with Crippen molar-refractivity contribution in [1.82, 2.24) is 4.98 Å². The second-order valence-electron chi connectivity index (χ2n) is 5.08. The van der Waals surface area contributed by atoms with Gasteiger partial charge in [-0.3, -0.25) is 0 Å². The van der Waals surface area contributed by atoms with E-state index in [1.807, 2.05) is 36.4 Å². The SMILES string of the molecule is CC(C)CC(N)C=Cc1ccc2ccccc2n1. The Morgan fingerprint density at radius 1 is 1.17 bits per heavy atom. The van der Waals surface area contributed by atoms with Crippen molar-refractivity contribution in [2.24, 2.45) is 11.7 Å². The van der Waals surface area contributed by atoms with Crippen LogP contribution in [-0.4, -0.2) is 11.0 Å². The van der Waals surface area contributed by atoms with Gasteiger partial charge in [-0.05, 0) is 30.5 Å². The molecule has 2 aromatic rings. The molecular formula is C16H20N2. The molecule has 0 aliphatic carbocycles. The molecule has 2 nitrogen and oxygen atoms in total. The van der Waals surface area contributed by atoms with E-state index in [0.717, 1.165) is 17.6 Å². The van der Waals surface area contributed by atoms with Crippen LogP contribution in [0.4, 0.5) is 0 Å². The average Bonchev–Trinajstić information content (AvgIpc) is 2.35. The van der Waals surface area contributed by atoms with Gasteiger partial charge in [-0.1, -0.05) is 44.2 Å². The van der Waals surface area contributed by atoms with Crippen LogP contribution >= 0.6 is 0 Å². The number of pyridine rings is 1. The minimum Gasteiger partial charge on any atom is -0.324 e. The summed E-state index contributed by atoms with van der Waals surface area (Å²) in [5.41, 5.74) is 8.01. The van der Waals surface area contributed by atoms with Gasteiger partial charge in [0.2, 0.25) is 0 Å². The maximum Gasteiger partial charge on any atom is 0.0709 e. The van der Waals surface area contributed by atoms with E-state index in [0.29, 0.717) is 5.92 Å². The predicted molar refractivity (Wildman–Crippen MR) is 78.2 cm³/mol. The Morgan fingerprint density at radius 3 is 2.72 bits per heavy atom. The van der Waals surface area contributed by atoms with Gasteiger partial charge in [0, 0.05) is 11.4 Å². The van der Waals surface area contributed by atoms with E-state index in [1.165, 1.54) is 5.39 Å². The molecule has 1 atom stereocenters. The molecule has 0 spiro atoms. The van der Waals surface area contributed by atoms with Crippen molar-refractivity contribution < 1.29 is 0 Å². The normalized spacial score (nSPS) is 13.6. The number of hydrogen-bond donors (Lipinski definition) is 1. The lowest BCUT2D eigenvalue weighted by Gasteiger charge is -2.08. The predicted octanol–water partition coefficient (Wildman–Crippen LogP) is 3.62. The zero-order valence-electron chi connectivity index (χ0n) is 11.0. The van der Waals surface area contributed by atoms with Gasteiger partial charge < -0.3 is 5.73 Å². The fraction of sp³-hybridized carbons (Fsp3) is 0.312. The summed E-state index contributed by atoms with van der Waals surface area (Å²) in [6.07, 6.45) is 5.06. The molecule has 0 aliphatic heterocycles. The molecule has 1 heterocycles. The number of hydrogen-bond acceptors (Lipinski definition) is 2. The van der Waals surface area contributed by atoms with E-state index in [2.05, 4.69) is 31.0 Å². The van der Waals surface area contributed by atoms with Crippen LogP contribution in [0.15, 0.2) is 42.5 Å². The summed E-state index contributed by atoms with van der Waals surface area (Å²) >= 11 is 0. The average molecular weight is 240 g/mol. The van der Waals surface area contributed by atoms with Gasteiger partial charge in [0.05, 0.1) is 11.2 Å². The summed E-state index contributed by atoms with van der Waals surface area (Å²) in [6.45, 7) is 4.37. The summed E-state index contributed by atoms with van der Waals surface area (Å²) in [5.74, 6) is 0.620. The Bertz CT molecular complexity index is 544. The van der Waals surface area contributed by atoms with E-state index in [4.69, 9.17) is 5.73 Å². The van der Waals surface area contributed by atoms with Crippen LogP contribution in [0.3, 0.4) is 0 Å². The first-order valence-corrected chi connectivity index (χ1v) is 6.45. The smallest absolute Gasteiger partial charge is 0.0709 e. The molecule has 0 radical (unpaired) electrons. The van der Waals surface area contributed by atoms with Crippen molar-refractivity contribution in [2.75, 3.05) is 0 Å². The van der Waals surface area contributed by atoms with Crippen molar-refractivity contribution >= 4 is 17.0 Å². The lowest BCUT2D eigenvalue weighted by atomic mass is 10.0. The minimum absolute atomic E-state index is 0.110. The lowest BCUT2D eigenvalue weighted by Crippen LogP contribution is -2.18. The highest BCUT2D eigenvalue weighted by atomic mass is 14.7. The third kappa shape index (κ3) is 3.41. The topological polar surface area (TPSA) is 38.9 Å². The summed E-state index contributed by atoms with van der Waals surface area (Å²) in [7, 11) is 0. The summed E-state index contributed by atoms with van der Waals surface area (Å²) in [4.78, 5) is 4.58. The number of para-hydroxylation sites is 1. The molecule has 18 heavy (non-hydrogen) atoms. The first-order chi connectivity index (χ1) is 8.65. The Hall–Kier alpha value is -1.67. The summed E-state index contributed by atoms with van der Waals surface area (Å²) in [6, 6.07) is 12.4. The fourth-order valence-electron chi connectivity index (χ4n) is 2.02. The Morgan fingerprint density at radius 2 is 1.94 bits per heavy atom. The zero-order chi connectivity index (χ0) is 13.0. The number of rotatable bonds is 4. The molecule has 0 fully saturated rings. The summed E-state index contributed by atoms with van der Waals surface area (Å²) in [5, 5.41) is 1.17. The maximum absolute atomic E-state index is 6.02. The highest BCUT2D eigenvalue weighted by Crippen LogP contribution is 2.13. The third-order valence-electron chi connectivity index (χ3n) is 2.88. The standard InChI is InChI=1S/C16H20N2/c1-12(2)11-14(17)8-10-15-9-7-13-5-3-4-6-16(13)18-15/h3-10,12,14H,11,17H2,1-2H3. The third-order valence-corrected chi connectivity index (χ3v) is 2.88. The highest BCUT2D eigenvalue weighted by Gasteiger charge is 2.01. The van der Waals surface area contributed by atoms with Crippen LogP contribution in [0.25, 0.3) is 17.0 Å². The number of fused-ring (bicyclic) bond motifs is 1.